The molecule has 0 atom stereocenters. The van der Waals surface area contributed by atoms with Gasteiger partial charge in [0, 0.05) is 28.9 Å². The number of halogens is 1. The molecule has 2 N–H and O–H groups in total. The summed E-state index contributed by atoms with van der Waals surface area (Å²) in [7, 11) is 1.59. The van der Waals surface area contributed by atoms with Gasteiger partial charge in [0.25, 0.3) is 5.91 Å². The molecule has 0 spiro atoms. The molecule has 0 saturated carbocycles. The lowest BCUT2D eigenvalue weighted by atomic mass is 10.1. The molecule has 0 unspecified atom stereocenters. The van der Waals surface area contributed by atoms with Crippen molar-refractivity contribution in [2.45, 2.75) is 39.8 Å². The van der Waals surface area contributed by atoms with Crippen LogP contribution in [-0.2, 0) is 16.1 Å². The highest BCUT2D eigenvalue weighted by Crippen LogP contribution is 2.36. The van der Waals surface area contributed by atoms with Gasteiger partial charge in [0.15, 0.2) is 18.1 Å². The van der Waals surface area contributed by atoms with E-state index in [1.807, 2.05) is 57.2 Å². The van der Waals surface area contributed by atoms with Crippen LogP contribution in [-0.4, -0.2) is 38.9 Å². The van der Waals surface area contributed by atoms with Crippen LogP contribution in [0.25, 0.3) is 0 Å². The SMILES string of the molecule is COc1ccc(Br)c(CNCCCOC(C)C)c1OCC(=O)Nc1ccc(C)cc1. The molecule has 2 rings (SSSR count). The third-order valence-corrected chi connectivity index (χ3v) is 5.06. The summed E-state index contributed by atoms with van der Waals surface area (Å²) < 4.78 is 17.8. The van der Waals surface area contributed by atoms with E-state index in [9.17, 15) is 4.79 Å². The third-order valence-electron chi connectivity index (χ3n) is 4.32. The number of ether oxygens (including phenoxy) is 3. The summed E-state index contributed by atoms with van der Waals surface area (Å²) in [5, 5.41) is 6.23. The smallest absolute Gasteiger partial charge is 0.262 e. The minimum Gasteiger partial charge on any atom is -0.493 e. The van der Waals surface area contributed by atoms with E-state index >= 15 is 0 Å². The summed E-state index contributed by atoms with van der Waals surface area (Å²) in [4.78, 5) is 12.3. The Hall–Kier alpha value is -2.09. The molecule has 0 aliphatic heterocycles. The van der Waals surface area contributed by atoms with E-state index in [4.69, 9.17) is 14.2 Å². The number of anilines is 1. The Morgan fingerprint density at radius 3 is 2.53 bits per heavy atom. The van der Waals surface area contributed by atoms with E-state index in [2.05, 4.69) is 26.6 Å². The number of benzene rings is 2. The molecule has 0 saturated heterocycles. The van der Waals surface area contributed by atoms with Crippen molar-refractivity contribution in [3.63, 3.8) is 0 Å². The van der Waals surface area contributed by atoms with Gasteiger partial charge in [0.2, 0.25) is 0 Å². The van der Waals surface area contributed by atoms with Crippen molar-refractivity contribution >= 4 is 27.5 Å². The van der Waals surface area contributed by atoms with Gasteiger partial charge in [0.05, 0.1) is 13.2 Å². The van der Waals surface area contributed by atoms with Gasteiger partial charge >= 0.3 is 0 Å². The van der Waals surface area contributed by atoms with Crippen molar-refractivity contribution in [1.82, 2.24) is 5.32 Å². The average molecular weight is 479 g/mol. The summed E-state index contributed by atoms with van der Waals surface area (Å²) in [5.74, 6) is 0.906. The van der Waals surface area contributed by atoms with Gasteiger partial charge in [-0.05, 0) is 58.0 Å². The van der Waals surface area contributed by atoms with Crippen LogP contribution in [0, 0.1) is 6.92 Å². The molecular formula is C23H31BrN2O4. The van der Waals surface area contributed by atoms with Gasteiger partial charge < -0.3 is 24.8 Å². The first kappa shape index (κ1) is 24.2. The van der Waals surface area contributed by atoms with Crippen LogP contribution in [0.3, 0.4) is 0 Å². The largest absolute Gasteiger partial charge is 0.493 e. The van der Waals surface area contributed by atoms with E-state index in [1.165, 1.54) is 0 Å². The number of hydrogen-bond acceptors (Lipinski definition) is 5. The Morgan fingerprint density at radius 2 is 1.87 bits per heavy atom. The molecule has 2 aromatic carbocycles. The summed E-state index contributed by atoms with van der Waals surface area (Å²) in [6.45, 7) is 8.04. The number of aryl methyl sites for hydroxylation is 1. The van der Waals surface area contributed by atoms with Crippen molar-refractivity contribution in [3.05, 3.63) is 52.0 Å². The van der Waals surface area contributed by atoms with Crippen LogP contribution in [0.15, 0.2) is 40.9 Å². The van der Waals surface area contributed by atoms with Crippen LogP contribution >= 0.6 is 15.9 Å². The Labute approximate surface area is 187 Å². The normalized spacial score (nSPS) is 10.9. The minimum atomic E-state index is -0.231. The van der Waals surface area contributed by atoms with Gasteiger partial charge in [-0.1, -0.05) is 33.6 Å². The molecule has 30 heavy (non-hydrogen) atoms. The topological polar surface area (TPSA) is 68.8 Å². The molecule has 0 aliphatic rings. The van der Waals surface area contributed by atoms with Crippen LogP contribution in [0.4, 0.5) is 5.69 Å². The maximum absolute atomic E-state index is 12.3. The Morgan fingerprint density at radius 1 is 1.13 bits per heavy atom. The van der Waals surface area contributed by atoms with Gasteiger partial charge in [-0.2, -0.15) is 0 Å². The molecule has 0 bridgehead atoms. The van der Waals surface area contributed by atoms with Crippen LogP contribution in [0.1, 0.15) is 31.4 Å². The lowest BCUT2D eigenvalue weighted by molar-refractivity contribution is -0.118. The van der Waals surface area contributed by atoms with Crippen LogP contribution in [0.5, 0.6) is 11.5 Å². The van der Waals surface area contributed by atoms with Crippen molar-refractivity contribution in [1.29, 1.82) is 0 Å². The average Bonchev–Trinajstić information content (AvgIpc) is 2.71. The number of carbonyl (C=O) groups excluding carboxylic acids is 1. The van der Waals surface area contributed by atoms with Gasteiger partial charge in [-0.25, -0.2) is 0 Å². The fraction of sp³-hybridized carbons (Fsp3) is 0.435. The second kappa shape index (κ2) is 12.6. The first-order valence-corrected chi connectivity index (χ1v) is 10.9. The third kappa shape index (κ3) is 7.97. The first-order chi connectivity index (χ1) is 14.4. The number of hydrogen-bond donors (Lipinski definition) is 2. The predicted molar refractivity (Wildman–Crippen MR) is 123 cm³/mol. The van der Waals surface area contributed by atoms with E-state index in [0.29, 0.717) is 24.7 Å². The summed E-state index contributed by atoms with van der Waals surface area (Å²) >= 11 is 3.58. The van der Waals surface area contributed by atoms with Crippen molar-refractivity contribution in [3.8, 4) is 11.5 Å². The fourth-order valence-corrected chi connectivity index (χ4v) is 3.22. The van der Waals surface area contributed by atoms with E-state index in [-0.39, 0.29) is 18.6 Å². The highest BCUT2D eigenvalue weighted by molar-refractivity contribution is 9.10. The molecule has 7 heteroatoms. The maximum atomic E-state index is 12.3. The predicted octanol–water partition coefficient (Wildman–Crippen LogP) is 4.69. The van der Waals surface area contributed by atoms with Crippen molar-refractivity contribution < 1.29 is 19.0 Å². The number of amides is 1. The maximum Gasteiger partial charge on any atom is 0.262 e. The van der Waals surface area contributed by atoms with E-state index in [1.54, 1.807) is 7.11 Å². The van der Waals surface area contributed by atoms with Crippen molar-refractivity contribution in [2.24, 2.45) is 0 Å². The summed E-state index contributed by atoms with van der Waals surface area (Å²) in [6.07, 6.45) is 1.15. The highest BCUT2D eigenvalue weighted by atomic mass is 79.9. The molecule has 0 aliphatic carbocycles. The molecule has 164 valence electrons. The standard InChI is InChI=1S/C23H31BrN2O4/c1-16(2)29-13-5-12-25-14-19-20(24)10-11-21(28-4)23(19)30-15-22(27)26-18-8-6-17(3)7-9-18/h6-11,16,25H,5,12-15H2,1-4H3,(H,26,27). The molecule has 0 heterocycles. The number of nitrogens with one attached hydrogen (secondary N) is 2. The summed E-state index contributed by atoms with van der Waals surface area (Å²) in [5.41, 5.74) is 2.78. The zero-order chi connectivity index (χ0) is 21.9. The summed E-state index contributed by atoms with van der Waals surface area (Å²) in [6, 6.07) is 11.4. The Kier molecular flexibility index (Phi) is 10.1. The zero-order valence-electron chi connectivity index (χ0n) is 18.1. The Balaban J connectivity index is 1.96. The molecule has 0 aromatic heterocycles. The second-order valence-corrected chi connectivity index (χ2v) is 8.06. The van der Waals surface area contributed by atoms with E-state index < -0.39 is 0 Å². The van der Waals surface area contributed by atoms with Crippen LogP contribution in [0.2, 0.25) is 0 Å². The second-order valence-electron chi connectivity index (χ2n) is 7.21. The van der Waals surface area contributed by atoms with Gasteiger partial charge in [0.1, 0.15) is 0 Å². The molecule has 6 nitrogen and oxygen atoms in total. The zero-order valence-corrected chi connectivity index (χ0v) is 19.7. The van der Waals surface area contributed by atoms with Gasteiger partial charge in [-0.3, -0.25) is 4.79 Å². The Bertz CT molecular complexity index is 810. The quantitative estimate of drug-likeness (QED) is 0.433. The highest BCUT2D eigenvalue weighted by Gasteiger charge is 2.16. The fourth-order valence-electron chi connectivity index (χ4n) is 2.77. The molecule has 1 amide bonds. The minimum absolute atomic E-state index is 0.115. The first-order valence-electron chi connectivity index (χ1n) is 10.1. The molecule has 0 fully saturated rings. The molecular weight excluding hydrogens is 448 g/mol. The van der Waals surface area contributed by atoms with Crippen molar-refractivity contribution in [2.75, 3.05) is 32.2 Å². The lowest BCUT2D eigenvalue weighted by Gasteiger charge is -2.17. The van der Waals surface area contributed by atoms with Crippen LogP contribution < -0.4 is 20.1 Å². The lowest BCUT2D eigenvalue weighted by Crippen LogP contribution is -2.22. The molecule has 2 aromatic rings. The molecule has 0 radical (unpaired) electrons. The van der Waals surface area contributed by atoms with Gasteiger partial charge in [-0.15, -0.1) is 0 Å². The monoisotopic (exact) mass is 478 g/mol. The number of methoxy groups -OCH3 is 1. The van der Waals surface area contributed by atoms with E-state index in [0.717, 1.165) is 34.3 Å². The number of carbonyl (C=O) groups is 1. The number of rotatable bonds is 12.